The molecule has 3 rings (SSSR count). The zero-order valence-electron chi connectivity index (χ0n) is 9.74. The van der Waals surface area contributed by atoms with Crippen molar-refractivity contribution in [2.24, 2.45) is 0 Å². The number of aryl methyl sites for hydroxylation is 1. The van der Waals surface area contributed by atoms with Gasteiger partial charge in [0.1, 0.15) is 13.2 Å². The maximum Gasteiger partial charge on any atom is 0.161 e. The zero-order chi connectivity index (χ0) is 11.7. The van der Waals surface area contributed by atoms with Gasteiger partial charge in [-0.2, -0.15) is 0 Å². The molecule has 1 aromatic rings. The van der Waals surface area contributed by atoms with E-state index in [4.69, 9.17) is 14.6 Å². The lowest BCUT2D eigenvalue weighted by Gasteiger charge is -2.21. The molecular weight excluding hydrogens is 218 g/mol. The van der Waals surface area contributed by atoms with Crippen LogP contribution in [0.3, 0.4) is 0 Å². The van der Waals surface area contributed by atoms with Gasteiger partial charge in [0.15, 0.2) is 11.5 Å². The first-order valence-corrected chi connectivity index (χ1v) is 6.15. The van der Waals surface area contributed by atoms with Crippen molar-refractivity contribution in [3.05, 3.63) is 23.3 Å². The smallest absolute Gasteiger partial charge is 0.161 e. The summed E-state index contributed by atoms with van der Waals surface area (Å²) >= 11 is 0. The van der Waals surface area contributed by atoms with Gasteiger partial charge in [0.05, 0.1) is 6.61 Å². The Labute approximate surface area is 101 Å². The molecule has 1 aliphatic carbocycles. The summed E-state index contributed by atoms with van der Waals surface area (Å²) < 4.78 is 11.2. The van der Waals surface area contributed by atoms with Crippen molar-refractivity contribution >= 4 is 0 Å². The van der Waals surface area contributed by atoms with E-state index >= 15 is 0 Å². The Morgan fingerprint density at radius 2 is 2.00 bits per heavy atom. The van der Waals surface area contributed by atoms with E-state index in [0.717, 1.165) is 24.3 Å². The molecule has 92 valence electrons. The summed E-state index contributed by atoms with van der Waals surface area (Å²) in [6, 6.07) is 4.53. The molecule has 0 aromatic heterocycles. The standard InChI is InChI=1S/C13H17NO3/c15-4-3-14-11-2-1-9-7-12-13(8-10(9)11)17-6-5-16-12/h7-8,11,14-15H,1-6H2/t11-/m1/s1. The van der Waals surface area contributed by atoms with E-state index in [1.165, 1.54) is 11.1 Å². The van der Waals surface area contributed by atoms with Crippen molar-refractivity contribution in [3.63, 3.8) is 0 Å². The molecule has 0 fully saturated rings. The summed E-state index contributed by atoms with van der Waals surface area (Å²) in [7, 11) is 0. The molecule has 0 unspecified atom stereocenters. The Kier molecular flexibility index (Phi) is 2.91. The molecule has 4 heteroatoms. The minimum atomic E-state index is 0.177. The van der Waals surface area contributed by atoms with Crippen LogP contribution in [0.5, 0.6) is 11.5 Å². The van der Waals surface area contributed by atoms with Crippen molar-refractivity contribution in [1.29, 1.82) is 0 Å². The Morgan fingerprint density at radius 3 is 2.76 bits per heavy atom. The Morgan fingerprint density at radius 1 is 1.24 bits per heavy atom. The highest BCUT2D eigenvalue weighted by atomic mass is 16.6. The minimum Gasteiger partial charge on any atom is -0.486 e. The number of fused-ring (bicyclic) bond motifs is 2. The Bertz CT molecular complexity index is 419. The lowest BCUT2D eigenvalue weighted by atomic mass is 10.1. The second kappa shape index (κ2) is 4.55. The fraction of sp³-hybridized carbons (Fsp3) is 0.538. The lowest BCUT2D eigenvalue weighted by Crippen LogP contribution is -2.23. The van der Waals surface area contributed by atoms with Crippen LogP contribution in [0.4, 0.5) is 0 Å². The molecular formula is C13H17NO3. The van der Waals surface area contributed by atoms with Crippen LogP contribution in [0, 0.1) is 0 Å². The Balaban J connectivity index is 1.87. The van der Waals surface area contributed by atoms with Crippen molar-refractivity contribution in [2.75, 3.05) is 26.4 Å². The summed E-state index contributed by atoms with van der Waals surface area (Å²) in [6.45, 7) is 2.08. The third-order valence-corrected chi connectivity index (χ3v) is 3.38. The van der Waals surface area contributed by atoms with Gasteiger partial charge in [-0.15, -0.1) is 0 Å². The van der Waals surface area contributed by atoms with E-state index in [0.29, 0.717) is 25.8 Å². The second-order valence-corrected chi connectivity index (χ2v) is 4.46. The molecule has 4 nitrogen and oxygen atoms in total. The molecule has 2 aliphatic rings. The fourth-order valence-corrected chi connectivity index (χ4v) is 2.59. The number of benzene rings is 1. The van der Waals surface area contributed by atoms with Crippen molar-refractivity contribution in [2.45, 2.75) is 18.9 Å². The van der Waals surface area contributed by atoms with E-state index in [2.05, 4.69) is 17.4 Å². The fourth-order valence-electron chi connectivity index (χ4n) is 2.59. The van der Waals surface area contributed by atoms with Gasteiger partial charge in [-0.1, -0.05) is 0 Å². The number of rotatable bonds is 3. The topological polar surface area (TPSA) is 50.7 Å². The normalized spacial score (nSPS) is 21.4. The summed E-state index contributed by atoms with van der Waals surface area (Å²) in [5.41, 5.74) is 2.63. The molecule has 2 N–H and O–H groups in total. The zero-order valence-corrected chi connectivity index (χ0v) is 9.74. The van der Waals surface area contributed by atoms with Crippen LogP contribution in [0.1, 0.15) is 23.6 Å². The van der Waals surface area contributed by atoms with Gasteiger partial charge in [0.2, 0.25) is 0 Å². The van der Waals surface area contributed by atoms with E-state index < -0.39 is 0 Å². The van der Waals surface area contributed by atoms with E-state index in [-0.39, 0.29) is 6.61 Å². The predicted octanol–water partition coefficient (Wildman–Crippen LogP) is 1.03. The van der Waals surface area contributed by atoms with Gasteiger partial charge in [0, 0.05) is 12.6 Å². The first kappa shape index (κ1) is 10.9. The highest BCUT2D eigenvalue weighted by Crippen LogP contribution is 2.40. The summed E-state index contributed by atoms with van der Waals surface area (Å²) in [5, 5.41) is 12.2. The average Bonchev–Trinajstić information content (AvgIpc) is 2.76. The molecule has 0 saturated heterocycles. The molecule has 0 amide bonds. The molecule has 0 bridgehead atoms. The summed E-state index contributed by atoms with van der Waals surface area (Å²) in [6.07, 6.45) is 2.15. The third-order valence-electron chi connectivity index (χ3n) is 3.38. The molecule has 1 aromatic carbocycles. The van der Waals surface area contributed by atoms with E-state index in [1.807, 2.05) is 0 Å². The number of aliphatic hydroxyl groups is 1. The quantitative estimate of drug-likeness (QED) is 0.821. The van der Waals surface area contributed by atoms with Crippen LogP contribution in [0.2, 0.25) is 0 Å². The molecule has 0 saturated carbocycles. The number of nitrogens with one attached hydrogen (secondary N) is 1. The molecule has 1 atom stereocenters. The average molecular weight is 235 g/mol. The maximum atomic E-state index is 8.86. The molecule has 1 aliphatic heterocycles. The van der Waals surface area contributed by atoms with E-state index in [1.54, 1.807) is 0 Å². The highest BCUT2D eigenvalue weighted by Gasteiger charge is 2.25. The maximum absolute atomic E-state index is 8.86. The molecule has 17 heavy (non-hydrogen) atoms. The molecule has 0 radical (unpaired) electrons. The van der Waals surface area contributed by atoms with Crippen LogP contribution in [0.15, 0.2) is 12.1 Å². The Hall–Kier alpha value is -1.26. The number of hydrogen-bond donors (Lipinski definition) is 2. The van der Waals surface area contributed by atoms with Gasteiger partial charge >= 0.3 is 0 Å². The summed E-state index contributed by atoms with van der Waals surface area (Å²) in [5.74, 6) is 1.73. The first-order chi connectivity index (χ1) is 8.38. The minimum absolute atomic E-state index is 0.177. The lowest BCUT2D eigenvalue weighted by molar-refractivity contribution is 0.171. The highest BCUT2D eigenvalue weighted by molar-refractivity contribution is 5.50. The van der Waals surface area contributed by atoms with Crippen LogP contribution in [-0.2, 0) is 6.42 Å². The van der Waals surface area contributed by atoms with Crippen molar-refractivity contribution < 1.29 is 14.6 Å². The monoisotopic (exact) mass is 235 g/mol. The first-order valence-electron chi connectivity index (χ1n) is 6.15. The molecule has 1 heterocycles. The van der Waals surface area contributed by atoms with Gasteiger partial charge < -0.3 is 19.9 Å². The van der Waals surface area contributed by atoms with Gasteiger partial charge in [-0.25, -0.2) is 0 Å². The van der Waals surface area contributed by atoms with Crippen molar-refractivity contribution in [1.82, 2.24) is 5.32 Å². The predicted molar refractivity (Wildman–Crippen MR) is 63.6 cm³/mol. The van der Waals surface area contributed by atoms with Gasteiger partial charge in [0.25, 0.3) is 0 Å². The largest absolute Gasteiger partial charge is 0.486 e. The van der Waals surface area contributed by atoms with Crippen LogP contribution in [-0.4, -0.2) is 31.5 Å². The molecule has 0 spiro atoms. The van der Waals surface area contributed by atoms with E-state index in [9.17, 15) is 0 Å². The van der Waals surface area contributed by atoms with Crippen LogP contribution in [0.25, 0.3) is 0 Å². The number of ether oxygens (including phenoxy) is 2. The third kappa shape index (κ3) is 1.98. The summed E-state index contributed by atoms with van der Waals surface area (Å²) in [4.78, 5) is 0. The second-order valence-electron chi connectivity index (χ2n) is 4.46. The van der Waals surface area contributed by atoms with Crippen LogP contribution < -0.4 is 14.8 Å². The van der Waals surface area contributed by atoms with Crippen LogP contribution >= 0.6 is 0 Å². The van der Waals surface area contributed by atoms with Crippen molar-refractivity contribution in [3.8, 4) is 11.5 Å². The number of hydrogen-bond acceptors (Lipinski definition) is 4. The van der Waals surface area contributed by atoms with Gasteiger partial charge in [-0.3, -0.25) is 0 Å². The number of aliphatic hydroxyl groups excluding tert-OH is 1. The SMILES string of the molecule is OCCN[C@@H]1CCc2cc3c(cc21)OCCO3. The van der Waals surface area contributed by atoms with Gasteiger partial charge in [-0.05, 0) is 36.1 Å².